The highest BCUT2D eigenvalue weighted by molar-refractivity contribution is 5.91. The van der Waals surface area contributed by atoms with Crippen molar-refractivity contribution < 1.29 is 24.3 Å². The Morgan fingerprint density at radius 1 is 1.05 bits per heavy atom. The molecule has 2 fully saturated rings. The molecular formula is C27H33N5O5. The Morgan fingerprint density at radius 2 is 1.70 bits per heavy atom. The molecule has 3 atom stereocenters. The van der Waals surface area contributed by atoms with E-state index in [9.17, 15) is 24.3 Å². The summed E-state index contributed by atoms with van der Waals surface area (Å²) in [5.41, 5.74) is 1.99. The summed E-state index contributed by atoms with van der Waals surface area (Å²) in [6.45, 7) is 2.75. The monoisotopic (exact) mass is 507 g/mol. The number of amides is 4. The molecule has 0 aliphatic carbocycles. The van der Waals surface area contributed by atoms with Gasteiger partial charge in [-0.2, -0.15) is 0 Å². The summed E-state index contributed by atoms with van der Waals surface area (Å²) in [7, 11) is 1.66. The third-order valence-corrected chi connectivity index (χ3v) is 6.93. The number of hydrogen-bond acceptors (Lipinski definition) is 5. The van der Waals surface area contributed by atoms with Gasteiger partial charge in [0, 0.05) is 26.6 Å². The van der Waals surface area contributed by atoms with Crippen molar-refractivity contribution in [3.05, 3.63) is 71.8 Å². The lowest BCUT2D eigenvalue weighted by Gasteiger charge is -2.54. The number of carboxylic acids is 1. The van der Waals surface area contributed by atoms with Crippen LogP contribution in [0.2, 0.25) is 0 Å². The molecule has 2 heterocycles. The van der Waals surface area contributed by atoms with E-state index in [1.54, 1.807) is 17.0 Å². The number of rotatable bonds is 8. The lowest BCUT2D eigenvalue weighted by Crippen LogP contribution is -2.76. The van der Waals surface area contributed by atoms with Gasteiger partial charge >= 0.3 is 12.0 Å². The highest BCUT2D eigenvalue weighted by atomic mass is 16.4. The van der Waals surface area contributed by atoms with Crippen LogP contribution in [0.25, 0.3) is 0 Å². The first-order valence-corrected chi connectivity index (χ1v) is 12.4. The Hall–Kier alpha value is -3.92. The summed E-state index contributed by atoms with van der Waals surface area (Å²) in [4.78, 5) is 54.6. The summed E-state index contributed by atoms with van der Waals surface area (Å²) >= 11 is 0. The van der Waals surface area contributed by atoms with E-state index in [4.69, 9.17) is 0 Å². The van der Waals surface area contributed by atoms with Crippen LogP contribution in [0.1, 0.15) is 36.8 Å². The number of urea groups is 1. The number of nitrogens with one attached hydrogen (secondary N) is 1. The van der Waals surface area contributed by atoms with Crippen molar-refractivity contribution >= 4 is 23.8 Å². The van der Waals surface area contributed by atoms with Crippen molar-refractivity contribution in [2.24, 2.45) is 0 Å². The molecule has 2 aliphatic heterocycles. The van der Waals surface area contributed by atoms with Crippen LogP contribution in [0.4, 0.5) is 4.79 Å². The van der Waals surface area contributed by atoms with Gasteiger partial charge in [0.05, 0.1) is 13.1 Å². The van der Waals surface area contributed by atoms with Crippen molar-refractivity contribution in [3.63, 3.8) is 0 Å². The molecule has 196 valence electrons. The topological polar surface area (TPSA) is 114 Å². The smallest absolute Gasteiger partial charge is 0.334 e. The quantitative estimate of drug-likeness (QED) is 0.566. The molecule has 2 aliphatic rings. The first-order chi connectivity index (χ1) is 17.8. The Labute approximate surface area is 216 Å². The number of nitrogens with zero attached hydrogens (tertiary/aromatic N) is 4. The molecule has 2 unspecified atom stereocenters. The number of likely N-dealkylation sites (N-methyl/N-ethyl adjacent to an activating group) is 1. The molecule has 0 aromatic heterocycles. The molecule has 10 nitrogen and oxygen atoms in total. The summed E-state index contributed by atoms with van der Waals surface area (Å²) < 4.78 is 0. The zero-order valence-electron chi connectivity index (χ0n) is 21.1. The zero-order valence-corrected chi connectivity index (χ0v) is 21.1. The minimum atomic E-state index is -1.04. The number of carbonyl (C=O) groups is 4. The van der Waals surface area contributed by atoms with E-state index in [1.807, 2.05) is 67.6 Å². The largest absolute Gasteiger partial charge is 0.481 e. The highest BCUT2D eigenvalue weighted by Crippen LogP contribution is 2.29. The summed E-state index contributed by atoms with van der Waals surface area (Å²) in [5.74, 6) is -1.63. The van der Waals surface area contributed by atoms with E-state index in [-0.39, 0.29) is 43.7 Å². The minimum Gasteiger partial charge on any atom is -0.481 e. The Morgan fingerprint density at radius 3 is 2.35 bits per heavy atom. The molecule has 0 saturated carbocycles. The number of carboxylic acid groups (broad SMARTS) is 1. The third kappa shape index (κ3) is 5.91. The summed E-state index contributed by atoms with van der Waals surface area (Å²) in [5, 5.41) is 15.3. The average molecular weight is 508 g/mol. The van der Waals surface area contributed by atoms with Crippen LogP contribution in [0.15, 0.2) is 60.7 Å². The van der Waals surface area contributed by atoms with Crippen LogP contribution in [0, 0.1) is 0 Å². The standard InChI is InChI=1S/C27H33N5O5/c1-19(21-11-7-4-8-12-21)16-30-17-23-31(22(26(30)36)13-14-25(34)35)24(33)18-29(2)32(23)27(37)28-15-20-9-5-3-6-10-20/h3-12,19,22-23H,13-18H2,1-2H3,(H,28,37)(H,34,35)/t19?,22-,23?/m0/s1. The van der Waals surface area contributed by atoms with Gasteiger partial charge in [-0.1, -0.05) is 67.6 Å². The number of piperazine rings is 1. The van der Waals surface area contributed by atoms with E-state index in [1.165, 1.54) is 9.91 Å². The van der Waals surface area contributed by atoms with Crippen LogP contribution >= 0.6 is 0 Å². The normalized spacial score (nSPS) is 21.0. The third-order valence-electron chi connectivity index (χ3n) is 6.93. The van der Waals surface area contributed by atoms with E-state index in [2.05, 4.69) is 5.32 Å². The van der Waals surface area contributed by atoms with E-state index in [0.29, 0.717) is 13.1 Å². The summed E-state index contributed by atoms with van der Waals surface area (Å²) in [6.07, 6.45) is -1.03. The second kappa shape index (κ2) is 11.4. The fourth-order valence-corrected chi connectivity index (χ4v) is 5.08. The molecule has 10 heteroatoms. The van der Waals surface area contributed by atoms with Crippen LogP contribution in [-0.4, -0.2) is 87.6 Å². The molecule has 0 spiro atoms. The van der Waals surface area contributed by atoms with Crippen molar-refractivity contribution in [1.82, 2.24) is 25.1 Å². The maximum atomic E-state index is 13.6. The fraction of sp³-hybridized carbons (Fsp3) is 0.407. The van der Waals surface area contributed by atoms with Gasteiger partial charge in [-0.15, -0.1) is 0 Å². The molecule has 4 rings (SSSR count). The highest BCUT2D eigenvalue weighted by Gasteiger charge is 2.50. The van der Waals surface area contributed by atoms with Gasteiger partial charge < -0.3 is 20.2 Å². The van der Waals surface area contributed by atoms with Crippen molar-refractivity contribution in [3.8, 4) is 0 Å². The fourth-order valence-electron chi connectivity index (χ4n) is 5.08. The Kier molecular flexibility index (Phi) is 8.08. The van der Waals surface area contributed by atoms with E-state index < -0.39 is 24.2 Å². The maximum Gasteiger partial charge on any atom is 0.334 e. The van der Waals surface area contributed by atoms with Crippen LogP contribution in [0.5, 0.6) is 0 Å². The van der Waals surface area contributed by atoms with Gasteiger partial charge in [0.25, 0.3) is 0 Å². The minimum absolute atomic E-state index is 0.00852. The zero-order chi connectivity index (χ0) is 26.5. The second-order valence-electron chi connectivity index (χ2n) is 9.59. The molecule has 2 aromatic carbocycles. The van der Waals surface area contributed by atoms with Gasteiger partial charge in [0.1, 0.15) is 12.2 Å². The molecule has 2 saturated heterocycles. The second-order valence-corrected chi connectivity index (χ2v) is 9.59. The average Bonchev–Trinajstić information content (AvgIpc) is 2.88. The number of fused-ring (bicyclic) bond motifs is 1. The maximum absolute atomic E-state index is 13.6. The molecule has 0 radical (unpaired) electrons. The lowest BCUT2D eigenvalue weighted by molar-refractivity contribution is -0.188. The van der Waals surface area contributed by atoms with Gasteiger partial charge in [0.15, 0.2) is 0 Å². The number of hydrogen-bond donors (Lipinski definition) is 2. The van der Waals surface area contributed by atoms with Gasteiger partial charge in [0.2, 0.25) is 11.8 Å². The van der Waals surface area contributed by atoms with Crippen molar-refractivity contribution in [2.45, 2.75) is 44.4 Å². The SMILES string of the molecule is CC(CN1CC2N(C(=O)CN(C)N2C(=O)NCc2ccccc2)[C@@H](CCC(=O)O)C1=O)c1ccccc1. The van der Waals surface area contributed by atoms with Crippen LogP contribution < -0.4 is 5.32 Å². The molecule has 4 amide bonds. The summed E-state index contributed by atoms with van der Waals surface area (Å²) in [6, 6.07) is 17.9. The number of carbonyl (C=O) groups excluding carboxylic acids is 3. The van der Waals surface area contributed by atoms with Crippen LogP contribution in [-0.2, 0) is 20.9 Å². The Bertz CT molecular complexity index is 1130. The molecule has 2 N–H and O–H groups in total. The number of benzene rings is 2. The van der Waals surface area contributed by atoms with Gasteiger partial charge in [-0.3, -0.25) is 14.4 Å². The van der Waals surface area contributed by atoms with Gasteiger partial charge in [-0.25, -0.2) is 14.8 Å². The first kappa shape index (κ1) is 26.2. The van der Waals surface area contributed by atoms with E-state index >= 15 is 0 Å². The van der Waals surface area contributed by atoms with Gasteiger partial charge in [-0.05, 0) is 23.5 Å². The van der Waals surface area contributed by atoms with E-state index in [0.717, 1.165) is 11.1 Å². The molecule has 2 aromatic rings. The van der Waals surface area contributed by atoms with Crippen molar-refractivity contribution in [2.75, 3.05) is 26.7 Å². The van der Waals surface area contributed by atoms with Crippen molar-refractivity contribution in [1.29, 1.82) is 0 Å². The predicted octanol–water partition coefficient (Wildman–Crippen LogP) is 2.09. The molecular weight excluding hydrogens is 474 g/mol. The lowest BCUT2D eigenvalue weighted by atomic mass is 9.97. The first-order valence-electron chi connectivity index (χ1n) is 12.4. The molecule has 37 heavy (non-hydrogen) atoms. The number of aliphatic carboxylic acids is 1. The molecule has 0 bridgehead atoms. The number of hydrazine groups is 1. The predicted molar refractivity (Wildman–Crippen MR) is 136 cm³/mol. The van der Waals surface area contributed by atoms with Crippen LogP contribution in [0.3, 0.4) is 0 Å². The Balaban J connectivity index is 1.60.